The van der Waals surface area contributed by atoms with E-state index in [0.29, 0.717) is 35.3 Å². The van der Waals surface area contributed by atoms with Crippen LogP contribution in [0.5, 0.6) is 5.75 Å². The minimum Gasteiger partial charge on any atom is -0.487 e. The van der Waals surface area contributed by atoms with Crippen molar-refractivity contribution >= 4 is 34.8 Å². The molecule has 2 atom stereocenters. The van der Waals surface area contributed by atoms with Crippen LogP contribution in [-0.2, 0) is 9.59 Å². The van der Waals surface area contributed by atoms with Gasteiger partial charge in [0.2, 0.25) is 11.8 Å². The number of likely N-dealkylation sites (tertiary alicyclic amines) is 1. The Bertz CT molecular complexity index is 1040. The first-order valence-corrected chi connectivity index (χ1v) is 12.6. The molecule has 2 heterocycles. The molecule has 6 nitrogen and oxygen atoms in total. The van der Waals surface area contributed by atoms with E-state index in [9.17, 15) is 9.59 Å². The highest BCUT2D eigenvalue weighted by atomic mass is 35.5. The third-order valence-corrected chi connectivity index (χ3v) is 7.05. The summed E-state index contributed by atoms with van der Waals surface area (Å²) in [5.41, 5.74) is 3.17. The predicted octanol–water partition coefficient (Wildman–Crippen LogP) is 5.46. The first-order valence-electron chi connectivity index (χ1n) is 12.2. The van der Waals surface area contributed by atoms with Crippen LogP contribution in [0.2, 0.25) is 5.02 Å². The number of anilines is 2. The van der Waals surface area contributed by atoms with Crippen molar-refractivity contribution < 1.29 is 14.3 Å². The molecule has 0 spiro atoms. The van der Waals surface area contributed by atoms with E-state index in [4.69, 9.17) is 16.3 Å². The molecule has 0 aromatic heterocycles. The topological polar surface area (TPSA) is 61.9 Å². The fourth-order valence-electron chi connectivity index (χ4n) is 4.80. The maximum atomic E-state index is 12.8. The molecule has 2 aromatic rings. The second kappa shape index (κ2) is 10.7. The number of nitrogens with one attached hydrogen (secondary N) is 1. The highest BCUT2D eigenvalue weighted by Gasteiger charge is 2.30. The number of carbonyl (C=O) groups excluding carboxylic acids is 2. The van der Waals surface area contributed by atoms with Gasteiger partial charge in [-0.25, -0.2) is 0 Å². The lowest BCUT2D eigenvalue weighted by atomic mass is 10.0. The Hall–Kier alpha value is -2.73. The van der Waals surface area contributed by atoms with Crippen molar-refractivity contribution in [3.63, 3.8) is 0 Å². The average Bonchev–Trinajstić information content (AvgIpc) is 3.29. The van der Waals surface area contributed by atoms with E-state index >= 15 is 0 Å². The highest BCUT2D eigenvalue weighted by Crippen LogP contribution is 2.32. The Morgan fingerprint density at radius 3 is 2.65 bits per heavy atom. The van der Waals surface area contributed by atoms with Gasteiger partial charge in [0.1, 0.15) is 17.9 Å². The molecular weight excluding hydrogens is 450 g/mol. The zero-order valence-corrected chi connectivity index (χ0v) is 21.0. The van der Waals surface area contributed by atoms with Crippen molar-refractivity contribution in [1.82, 2.24) is 4.90 Å². The smallest absolute Gasteiger partial charge is 0.247 e. The number of rotatable bonds is 6. The van der Waals surface area contributed by atoms with E-state index in [0.717, 1.165) is 32.4 Å². The Morgan fingerprint density at radius 1 is 1.09 bits per heavy atom. The Balaban J connectivity index is 1.36. The second-order valence-corrected chi connectivity index (χ2v) is 9.99. The molecule has 0 bridgehead atoms. The lowest BCUT2D eigenvalue weighted by Gasteiger charge is -2.33. The summed E-state index contributed by atoms with van der Waals surface area (Å²) in [5.74, 6) is 0.874. The summed E-state index contributed by atoms with van der Waals surface area (Å²) in [7, 11) is 0. The predicted molar refractivity (Wildman–Crippen MR) is 137 cm³/mol. The van der Waals surface area contributed by atoms with Crippen LogP contribution in [0.25, 0.3) is 0 Å². The van der Waals surface area contributed by atoms with Crippen molar-refractivity contribution in [2.75, 3.05) is 29.9 Å². The zero-order chi connectivity index (χ0) is 24.2. The third kappa shape index (κ3) is 5.66. The minimum atomic E-state index is -0.431. The molecule has 182 valence electrons. The number of nitrogens with zero attached hydrogens (tertiary/aromatic N) is 2. The summed E-state index contributed by atoms with van der Waals surface area (Å²) in [5, 5.41) is 3.38. The van der Waals surface area contributed by atoms with Gasteiger partial charge in [0.15, 0.2) is 0 Å². The summed E-state index contributed by atoms with van der Waals surface area (Å²) in [4.78, 5) is 28.7. The number of hydrogen-bond donors (Lipinski definition) is 1. The van der Waals surface area contributed by atoms with Gasteiger partial charge in [0.05, 0.1) is 11.6 Å². The SMILES string of the molecule is CC(=O)N1CCCC[C@@H]1C(=O)Nc1ccc(O[C@H]2CCN(c3cccc(C(C)C)c3)C2)c(Cl)c1. The Labute approximate surface area is 207 Å². The summed E-state index contributed by atoms with van der Waals surface area (Å²) < 4.78 is 6.22. The van der Waals surface area contributed by atoms with Crippen molar-refractivity contribution in [1.29, 1.82) is 0 Å². The highest BCUT2D eigenvalue weighted by molar-refractivity contribution is 6.32. The van der Waals surface area contributed by atoms with Crippen molar-refractivity contribution in [2.24, 2.45) is 0 Å². The van der Waals surface area contributed by atoms with Crippen molar-refractivity contribution in [3.8, 4) is 5.75 Å². The van der Waals surface area contributed by atoms with Crippen molar-refractivity contribution in [3.05, 3.63) is 53.1 Å². The number of carbonyl (C=O) groups is 2. The van der Waals surface area contributed by atoms with Gasteiger partial charge < -0.3 is 19.9 Å². The van der Waals surface area contributed by atoms with Crippen LogP contribution in [0.4, 0.5) is 11.4 Å². The van der Waals surface area contributed by atoms with Crippen LogP contribution in [0, 0.1) is 0 Å². The van der Waals surface area contributed by atoms with E-state index in [2.05, 4.69) is 48.3 Å². The summed E-state index contributed by atoms with van der Waals surface area (Å²) in [6.45, 7) is 8.29. The lowest BCUT2D eigenvalue weighted by Crippen LogP contribution is -2.49. The maximum Gasteiger partial charge on any atom is 0.247 e. The van der Waals surface area contributed by atoms with Gasteiger partial charge in [0.25, 0.3) is 0 Å². The third-order valence-electron chi connectivity index (χ3n) is 6.75. The van der Waals surface area contributed by atoms with Gasteiger partial charge in [-0.15, -0.1) is 0 Å². The summed E-state index contributed by atoms with van der Waals surface area (Å²) >= 11 is 6.51. The molecule has 0 aliphatic carbocycles. The monoisotopic (exact) mass is 483 g/mol. The molecule has 2 aliphatic rings. The van der Waals surface area contributed by atoms with Crippen molar-refractivity contribution in [2.45, 2.75) is 64.5 Å². The van der Waals surface area contributed by atoms with Gasteiger partial charge >= 0.3 is 0 Å². The molecule has 2 fully saturated rings. The van der Waals surface area contributed by atoms with E-state index < -0.39 is 6.04 Å². The van der Waals surface area contributed by atoms with Crippen LogP contribution in [0.3, 0.4) is 0 Å². The fourth-order valence-corrected chi connectivity index (χ4v) is 5.02. The molecule has 2 aliphatic heterocycles. The lowest BCUT2D eigenvalue weighted by molar-refractivity contribution is -0.138. The molecule has 34 heavy (non-hydrogen) atoms. The number of amides is 2. The average molecular weight is 484 g/mol. The number of hydrogen-bond acceptors (Lipinski definition) is 4. The van der Waals surface area contributed by atoms with E-state index in [-0.39, 0.29) is 17.9 Å². The molecule has 2 saturated heterocycles. The molecular formula is C27H34ClN3O3. The molecule has 2 aromatic carbocycles. The van der Waals surface area contributed by atoms with Gasteiger partial charge in [-0.05, 0) is 61.1 Å². The van der Waals surface area contributed by atoms with Gasteiger partial charge in [-0.1, -0.05) is 37.6 Å². The standard InChI is InChI=1S/C27H34ClN3O3/c1-18(2)20-7-6-8-22(15-20)30-14-12-23(17-30)34-26-11-10-21(16-24(26)28)29-27(33)25-9-4-5-13-31(25)19(3)32/h6-8,10-11,15-16,18,23,25H,4-5,9,12-14,17H2,1-3H3,(H,29,33)/t23-,25+/m0/s1. The van der Waals surface area contributed by atoms with Crippen LogP contribution in [-0.4, -0.2) is 48.5 Å². The molecule has 1 N–H and O–H groups in total. The molecule has 0 unspecified atom stereocenters. The van der Waals surface area contributed by atoms with E-state index in [1.54, 1.807) is 17.0 Å². The van der Waals surface area contributed by atoms with E-state index in [1.807, 2.05) is 6.07 Å². The van der Waals surface area contributed by atoms with Gasteiger partial charge in [-0.3, -0.25) is 9.59 Å². The summed E-state index contributed by atoms with van der Waals surface area (Å²) in [6.07, 6.45) is 3.52. The Morgan fingerprint density at radius 2 is 1.91 bits per heavy atom. The number of ether oxygens (including phenoxy) is 1. The fraction of sp³-hybridized carbons (Fsp3) is 0.481. The minimum absolute atomic E-state index is 0.0482. The zero-order valence-electron chi connectivity index (χ0n) is 20.2. The first-order chi connectivity index (χ1) is 16.3. The van der Waals surface area contributed by atoms with Crippen LogP contribution < -0.4 is 15.0 Å². The Kier molecular flexibility index (Phi) is 7.67. The number of halogens is 1. The molecule has 7 heteroatoms. The molecule has 2 amide bonds. The van der Waals surface area contributed by atoms with Gasteiger partial charge in [0, 0.05) is 37.8 Å². The quantitative estimate of drug-likeness (QED) is 0.592. The largest absolute Gasteiger partial charge is 0.487 e. The maximum absolute atomic E-state index is 12.8. The van der Waals surface area contributed by atoms with E-state index in [1.165, 1.54) is 18.2 Å². The molecule has 0 saturated carbocycles. The number of benzene rings is 2. The second-order valence-electron chi connectivity index (χ2n) is 9.58. The van der Waals surface area contributed by atoms with Crippen LogP contribution >= 0.6 is 11.6 Å². The van der Waals surface area contributed by atoms with Gasteiger partial charge in [-0.2, -0.15) is 0 Å². The normalized spacial score (nSPS) is 20.5. The first kappa shape index (κ1) is 24.4. The van der Waals surface area contributed by atoms with Crippen LogP contribution in [0.15, 0.2) is 42.5 Å². The number of piperidine rings is 1. The molecule has 4 rings (SSSR count). The van der Waals surface area contributed by atoms with Crippen LogP contribution in [0.1, 0.15) is 57.9 Å². The summed E-state index contributed by atoms with van der Waals surface area (Å²) in [6, 6.07) is 13.6. The molecule has 0 radical (unpaired) electrons.